The molecule has 2 heterocycles. The number of nitrogens with zero attached hydrogens (tertiary/aromatic N) is 2. The van der Waals surface area contributed by atoms with Gasteiger partial charge in [0.05, 0.1) is 11.1 Å². The van der Waals surface area contributed by atoms with Gasteiger partial charge in [-0.1, -0.05) is 54.6 Å². The van der Waals surface area contributed by atoms with Gasteiger partial charge in [0.25, 0.3) is 5.91 Å². The van der Waals surface area contributed by atoms with Crippen molar-refractivity contribution in [3.05, 3.63) is 90.0 Å². The fourth-order valence-electron chi connectivity index (χ4n) is 4.47. The van der Waals surface area contributed by atoms with Crippen LogP contribution in [-0.4, -0.2) is 41.5 Å². The predicted molar refractivity (Wildman–Crippen MR) is 129 cm³/mol. The van der Waals surface area contributed by atoms with E-state index in [1.165, 1.54) is 5.56 Å². The van der Waals surface area contributed by atoms with E-state index in [-0.39, 0.29) is 12.5 Å². The van der Waals surface area contributed by atoms with E-state index in [4.69, 9.17) is 9.15 Å². The Hall–Kier alpha value is -3.93. The standard InChI is InChI=1S/C28H26N2O4/c31-26(30-16-14-21(15-17-30)18-20-8-2-1-3-9-20)19-33-28(32)23-11-5-4-10-22(23)27-29-24-12-6-7-13-25(24)34-27/h1-13,21H,14-19H2. The highest BCUT2D eigenvalue weighted by molar-refractivity contribution is 5.97. The van der Waals surface area contributed by atoms with Crippen LogP contribution in [0.5, 0.6) is 0 Å². The Bertz CT molecular complexity index is 1260. The predicted octanol–water partition coefficient (Wildman–Crippen LogP) is 5.13. The van der Waals surface area contributed by atoms with Crippen molar-refractivity contribution in [1.82, 2.24) is 9.88 Å². The first-order chi connectivity index (χ1) is 16.7. The first-order valence-corrected chi connectivity index (χ1v) is 11.6. The third-order valence-electron chi connectivity index (χ3n) is 6.33. The van der Waals surface area contributed by atoms with Gasteiger partial charge in [0, 0.05) is 13.1 Å². The Morgan fingerprint density at radius 3 is 2.41 bits per heavy atom. The number of benzene rings is 3. The average molecular weight is 455 g/mol. The lowest BCUT2D eigenvalue weighted by atomic mass is 9.90. The summed E-state index contributed by atoms with van der Waals surface area (Å²) in [6.07, 6.45) is 2.94. The zero-order valence-electron chi connectivity index (χ0n) is 18.9. The summed E-state index contributed by atoms with van der Waals surface area (Å²) in [7, 11) is 0. The molecule has 3 aromatic carbocycles. The second-order valence-corrected chi connectivity index (χ2v) is 8.62. The summed E-state index contributed by atoms with van der Waals surface area (Å²) in [6.45, 7) is 1.10. The number of aromatic nitrogens is 1. The van der Waals surface area contributed by atoms with E-state index in [1.54, 1.807) is 23.1 Å². The van der Waals surface area contributed by atoms with Crippen LogP contribution in [0.15, 0.2) is 83.3 Å². The van der Waals surface area contributed by atoms with Crippen molar-refractivity contribution in [3.8, 4) is 11.5 Å². The molecule has 4 aromatic rings. The molecule has 6 nitrogen and oxygen atoms in total. The second-order valence-electron chi connectivity index (χ2n) is 8.62. The topological polar surface area (TPSA) is 72.6 Å². The number of esters is 1. The van der Waals surface area contributed by atoms with Gasteiger partial charge >= 0.3 is 5.97 Å². The van der Waals surface area contributed by atoms with Crippen molar-refractivity contribution < 1.29 is 18.7 Å². The van der Waals surface area contributed by atoms with Gasteiger partial charge in [0.1, 0.15) is 5.52 Å². The van der Waals surface area contributed by atoms with E-state index in [0.717, 1.165) is 19.3 Å². The first kappa shape index (κ1) is 21.9. The largest absolute Gasteiger partial charge is 0.452 e. The molecule has 5 rings (SSSR count). The molecular weight excluding hydrogens is 428 g/mol. The molecule has 1 aliphatic rings. The van der Waals surface area contributed by atoms with Crippen LogP contribution in [-0.2, 0) is 16.0 Å². The Morgan fingerprint density at radius 2 is 1.62 bits per heavy atom. The highest BCUT2D eigenvalue weighted by Crippen LogP contribution is 2.27. The zero-order chi connectivity index (χ0) is 23.3. The number of carbonyl (C=O) groups is 2. The maximum atomic E-state index is 12.8. The summed E-state index contributed by atoms with van der Waals surface area (Å²) >= 11 is 0. The lowest BCUT2D eigenvalue weighted by molar-refractivity contribution is -0.135. The molecule has 34 heavy (non-hydrogen) atoms. The van der Waals surface area contributed by atoms with Gasteiger partial charge < -0.3 is 14.1 Å². The minimum absolute atomic E-state index is 0.161. The van der Waals surface area contributed by atoms with Crippen molar-refractivity contribution in [1.29, 1.82) is 0 Å². The molecule has 0 radical (unpaired) electrons. The number of hydrogen-bond acceptors (Lipinski definition) is 5. The zero-order valence-corrected chi connectivity index (χ0v) is 18.9. The summed E-state index contributed by atoms with van der Waals surface area (Å²) in [5, 5.41) is 0. The number of oxazole rings is 1. The number of piperidine rings is 1. The minimum Gasteiger partial charge on any atom is -0.452 e. The fraction of sp³-hybridized carbons (Fsp3) is 0.250. The van der Waals surface area contributed by atoms with Crippen LogP contribution >= 0.6 is 0 Å². The molecule has 0 N–H and O–H groups in total. The Kier molecular flexibility index (Phi) is 6.38. The monoisotopic (exact) mass is 454 g/mol. The third-order valence-corrected chi connectivity index (χ3v) is 6.33. The van der Waals surface area contributed by atoms with Crippen LogP contribution in [0.4, 0.5) is 0 Å². The fourth-order valence-corrected chi connectivity index (χ4v) is 4.47. The van der Waals surface area contributed by atoms with Crippen LogP contribution < -0.4 is 0 Å². The van der Waals surface area contributed by atoms with Crippen molar-refractivity contribution in [2.75, 3.05) is 19.7 Å². The Balaban J connectivity index is 1.18. The minimum atomic E-state index is -0.565. The molecule has 172 valence electrons. The summed E-state index contributed by atoms with van der Waals surface area (Å²) in [5.41, 5.74) is 3.55. The maximum Gasteiger partial charge on any atom is 0.339 e. The van der Waals surface area contributed by atoms with Crippen LogP contribution in [0.25, 0.3) is 22.6 Å². The molecule has 0 aliphatic carbocycles. The molecule has 1 aliphatic heterocycles. The molecular formula is C28H26N2O4. The van der Waals surface area contributed by atoms with E-state index < -0.39 is 5.97 Å². The summed E-state index contributed by atoms with van der Waals surface area (Å²) in [6, 6.07) is 24.9. The van der Waals surface area contributed by atoms with Crippen molar-refractivity contribution >= 4 is 23.0 Å². The number of rotatable bonds is 6. The van der Waals surface area contributed by atoms with Gasteiger partial charge in [0.15, 0.2) is 12.2 Å². The number of likely N-dealkylation sites (tertiary alicyclic amines) is 1. The molecule has 1 amide bonds. The lowest BCUT2D eigenvalue weighted by Crippen LogP contribution is -2.41. The first-order valence-electron chi connectivity index (χ1n) is 11.6. The number of para-hydroxylation sites is 2. The van der Waals surface area contributed by atoms with Crippen molar-refractivity contribution in [2.24, 2.45) is 5.92 Å². The second kappa shape index (κ2) is 9.91. The van der Waals surface area contributed by atoms with E-state index in [0.29, 0.717) is 47.1 Å². The summed E-state index contributed by atoms with van der Waals surface area (Å²) in [5.74, 6) is 0.189. The SMILES string of the molecule is O=C(OCC(=O)N1CCC(Cc2ccccc2)CC1)c1ccccc1-c1nc2ccccc2o1. The van der Waals surface area contributed by atoms with Crippen LogP contribution in [0, 0.1) is 5.92 Å². The number of fused-ring (bicyclic) bond motifs is 1. The molecule has 1 aromatic heterocycles. The van der Waals surface area contributed by atoms with Gasteiger partial charge in [-0.25, -0.2) is 9.78 Å². The molecule has 0 unspecified atom stereocenters. The van der Waals surface area contributed by atoms with E-state index in [9.17, 15) is 9.59 Å². The lowest BCUT2D eigenvalue weighted by Gasteiger charge is -2.32. The molecule has 1 saturated heterocycles. The quantitative estimate of drug-likeness (QED) is 0.378. The number of amides is 1. The van der Waals surface area contributed by atoms with Gasteiger partial charge in [-0.3, -0.25) is 4.79 Å². The van der Waals surface area contributed by atoms with Gasteiger partial charge in [-0.15, -0.1) is 0 Å². The Labute approximate surface area is 198 Å². The molecule has 6 heteroatoms. The summed E-state index contributed by atoms with van der Waals surface area (Å²) < 4.78 is 11.2. The van der Waals surface area contributed by atoms with E-state index >= 15 is 0 Å². The maximum absolute atomic E-state index is 12.8. The number of carbonyl (C=O) groups excluding carboxylic acids is 2. The molecule has 0 saturated carbocycles. The van der Waals surface area contributed by atoms with Crippen molar-refractivity contribution in [3.63, 3.8) is 0 Å². The number of ether oxygens (including phenoxy) is 1. The highest BCUT2D eigenvalue weighted by atomic mass is 16.5. The van der Waals surface area contributed by atoms with Gasteiger partial charge in [-0.05, 0) is 55.0 Å². The van der Waals surface area contributed by atoms with E-state index in [1.807, 2.05) is 36.4 Å². The third kappa shape index (κ3) is 4.86. The van der Waals surface area contributed by atoms with E-state index in [2.05, 4.69) is 29.2 Å². The van der Waals surface area contributed by atoms with Gasteiger partial charge in [0.2, 0.25) is 5.89 Å². The summed E-state index contributed by atoms with van der Waals surface area (Å²) in [4.78, 5) is 31.8. The normalized spacial score (nSPS) is 14.3. The molecule has 0 bridgehead atoms. The molecule has 0 spiro atoms. The smallest absolute Gasteiger partial charge is 0.339 e. The molecule has 1 fully saturated rings. The van der Waals surface area contributed by atoms with Crippen LogP contribution in [0.2, 0.25) is 0 Å². The van der Waals surface area contributed by atoms with Crippen molar-refractivity contribution in [2.45, 2.75) is 19.3 Å². The van der Waals surface area contributed by atoms with Crippen LogP contribution in [0.3, 0.4) is 0 Å². The number of hydrogen-bond donors (Lipinski definition) is 0. The average Bonchev–Trinajstić information content (AvgIpc) is 3.32. The highest BCUT2D eigenvalue weighted by Gasteiger charge is 2.25. The van der Waals surface area contributed by atoms with Gasteiger partial charge in [-0.2, -0.15) is 0 Å². The Morgan fingerprint density at radius 1 is 0.912 bits per heavy atom. The van der Waals surface area contributed by atoms with Crippen LogP contribution in [0.1, 0.15) is 28.8 Å². The molecule has 0 atom stereocenters.